The van der Waals surface area contributed by atoms with Crippen molar-refractivity contribution in [3.8, 4) is 0 Å². The summed E-state index contributed by atoms with van der Waals surface area (Å²) < 4.78 is 1.08. The summed E-state index contributed by atoms with van der Waals surface area (Å²) in [5, 5.41) is 2.04. The zero-order valence-corrected chi connectivity index (χ0v) is 13.7. The fourth-order valence-corrected chi connectivity index (χ4v) is 4.13. The number of hydrogen-bond donors (Lipinski definition) is 1. The Morgan fingerprint density at radius 2 is 2.16 bits per heavy atom. The molecule has 1 fully saturated rings. The summed E-state index contributed by atoms with van der Waals surface area (Å²) >= 11 is 5.10. The second-order valence-electron chi connectivity index (χ2n) is 5.58. The highest BCUT2D eigenvalue weighted by Crippen LogP contribution is 2.29. The number of carbonyl (C=O) groups excluding carboxylic acids is 1. The lowest BCUT2D eigenvalue weighted by atomic mass is 9.80. The van der Waals surface area contributed by atoms with Gasteiger partial charge in [-0.05, 0) is 34.8 Å². The minimum absolute atomic E-state index is 0.161. The zero-order valence-electron chi connectivity index (χ0n) is 11.3. The number of thiophene rings is 1. The van der Waals surface area contributed by atoms with Crippen molar-refractivity contribution in [2.24, 2.45) is 5.73 Å². The van der Waals surface area contributed by atoms with E-state index in [1.807, 2.05) is 12.4 Å². The number of halogens is 1. The smallest absolute Gasteiger partial charge is 0.224 e. The average Bonchev–Trinajstić information content (AvgIpc) is 2.75. The lowest BCUT2D eigenvalue weighted by Gasteiger charge is -2.34. The Morgan fingerprint density at radius 1 is 1.47 bits per heavy atom. The van der Waals surface area contributed by atoms with E-state index in [9.17, 15) is 4.79 Å². The van der Waals surface area contributed by atoms with Crippen molar-refractivity contribution in [3.05, 3.63) is 20.8 Å². The van der Waals surface area contributed by atoms with Crippen LogP contribution in [0.25, 0.3) is 0 Å². The van der Waals surface area contributed by atoms with Gasteiger partial charge in [-0.25, -0.2) is 0 Å². The van der Waals surface area contributed by atoms with Crippen LogP contribution in [0.5, 0.6) is 0 Å². The lowest BCUT2D eigenvalue weighted by molar-refractivity contribution is -0.132. The third kappa shape index (κ3) is 4.29. The molecule has 5 heteroatoms. The summed E-state index contributed by atoms with van der Waals surface area (Å²) in [4.78, 5) is 15.3. The first kappa shape index (κ1) is 15.0. The first-order valence-electron chi connectivity index (χ1n) is 6.74. The number of hydrogen-bond acceptors (Lipinski definition) is 3. The summed E-state index contributed by atoms with van der Waals surface area (Å²) in [6, 6.07) is 2.06. The largest absolute Gasteiger partial charge is 0.341 e. The van der Waals surface area contributed by atoms with E-state index in [1.54, 1.807) is 16.2 Å². The molecule has 1 aliphatic carbocycles. The minimum Gasteiger partial charge on any atom is -0.341 e. The first-order chi connectivity index (χ1) is 8.98. The van der Waals surface area contributed by atoms with Gasteiger partial charge in [0, 0.05) is 33.7 Å². The molecule has 0 bridgehead atoms. The topological polar surface area (TPSA) is 46.3 Å². The van der Waals surface area contributed by atoms with Crippen LogP contribution >= 0.6 is 27.3 Å². The van der Waals surface area contributed by atoms with Gasteiger partial charge in [0.25, 0.3) is 0 Å². The van der Waals surface area contributed by atoms with E-state index in [-0.39, 0.29) is 11.4 Å². The SMILES string of the molecule is CN(Cc1cc(Br)cs1)C(=O)CC1(N)CCCCC1. The Balaban J connectivity index is 1.88. The highest BCUT2D eigenvalue weighted by atomic mass is 79.9. The van der Waals surface area contributed by atoms with Crippen molar-refractivity contribution in [2.45, 2.75) is 50.6 Å². The zero-order chi connectivity index (χ0) is 13.9. The van der Waals surface area contributed by atoms with Crippen molar-refractivity contribution in [1.82, 2.24) is 4.90 Å². The van der Waals surface area contributed by atoms with Gasteiger partial charge >= 0.3 is 0 Å². The molecule has 1 aliphatic rings. The molecule has 0 aliphatic heterocycles. The average molecular weight is 345 g/mol. The maximum Gasteiger partial charge on any atom is 0.224 e. The van der Waals surface area contributed by atoms with Crippen LogP contribution in [0.3, 0.4) is 0 Å². The lowest BCUT2D eigenvalue weighted by Crippen LogP contribution is -2.46. The van der Waals surface area contributed by atoms with E-state index in [0.29, 0.717) is 13.0 Å². The summed E-state index contributed by atoms with van der Waals surface area (Å²) in [6.07, 6.45) is 6.02. The molecule has 19 heavy (non-hydrogen) atoms. The molecule has 1 heterocycles. The molecule has 2 N–H and O–H groups in total. The van der Waals surface area contributed by atoms with Gasteiger partial charge in [-0.3, -0.25) is 4.79 Å². The van der Waals surface area contributed by atoms with Gasteiger partial charge in [-0.1, -0.05) is 19.3 Å². The Bertz CT molecular complexity index is 440. The standard InChI is InChI=1S/C14H21BrN2OS/c1-17(9-12-7-11(15)10-19-12)13(18)8-14(16)5-3-2-4-6-14/h7,10H,2-6,8-9,16H2,1H3. The van der Waals surface area contributed by atoms with Crippen LogP contribution in [-0.4, -0.2) is 23.4 Å². The van der Waals surface area contributed by atoms with Gasteiger partial charge in [0.05, 0.1) is 6.54 Å². The van der Waals surface area contributed by atoms with Crippen LogP contribution in [0, 0.1) is 0 Å². The molecule has 0 spiro atoms. The van der Waals surface area contributed by atoms with Gasteiger partial charge in [0.2, 0.25) is 5.91 Å². The molecule has 1 aromatic rings. The second kappa shape index (κ2) is 6.37. The van der Waals surface area contributed by atoms with Crippen molar-refractivity contribution < 1.29 is 4.79 Å². The highest BCUT2D eigenvalue weighted by Gasteiger charge is 2.31. The van der Waals surface area contributed by atoms with Crippen LogP contribution in [0.1, 0.15) is 43.4 Å². The Kier molecular flexibility index (Phi) is 5.03. The molecule has 1 saturated carbocycles. The highest BCUT2D eigenvalue weighted by molar-refractivity contribution is 9.10. The van der Waals surface area contributed by atoms with Crippen LogP contribution < -0.4 is 5.73 Å². The van der Waals surface area contributed by atoms with Crippen molar-refractivity contribution >= 4 is 33.2 Å². The third-order valence-electron chi connectivity index (χ3n) is 3.79. The van der Waals surface area contributed by atoms with Crippen LogP contribution in [0.2, 0.25) is 0 Å². The third-order valence-corrected chi connectivity index (χ3v) is 5.48. The second-order valence-corrected chi connectivity index (χ2v) is 7.49. The van der Waals surface area contributed by atoms with Gasteiger partial charge in [-0.2, -0.15) is 0 Å². The van der Waals surface area contributed by atoms with E-state index in [0.717, 1.165) is 30.2 Å². The summed E-state index contributed by atoms with van der Waals surface area (Å²) in [7, 11) is 1.86. The fourth-order valence-electron chi connectivity index (χ4n) is 2.63. The Hall–Kier alpha value is -0.390. The van der Waals surface area contributed by atoms with E-state index < -0.39 is 0 Å². The molecule has 3 nitrogen and oxygen atoms in total. The van der Waals surface area contributed by atoms with E-state index in [2.05, 4.69) is 22.0 Å². The summed E-state index contributed by atoms with van der Waals surface area (Å²) in [6.45, 7) is 0.672. The van der Waals surface area contributed by atoms with E-state index >= 15 is 0 Å². The van der Waals surface area contributed by atoms with Gasteiger partial charge in [0.15, 0.2) is 0 Å². The molecular weight excluding hydrogens is 324 g/mol. The van der Waals surface area contributed by atoms with E-state index in [4.69, 9.17) is 5.73 Å². The molecule has 2 rings (SSSR count). The predicted molar refractivity (Wildman–Crippen MR) is 83.1 cm³/mol. The summed E-state index contributed by atoms with van der Waals surface area (Å²) in [5.74, 6) is 0.161. The van der Waals surface area contributed by atoms with Crippen molar-refractivity contribution in [3.63, 3.8) is 0 Å². The quantitative estimate of drug-likeness (QED) is 0.908. The van der Waals surface area contributed by atoms with Gasteiger partial charge in [0.1, 0.15) is 0 Å². The monoisotopic (exact) mass is 344 g/mol. The summed E-state index contributed by atoms with van der Waals surface area (Å²) in [5.41, 5.74) is 6.08. The molecule has 1 aromatic heterocycles. The predicted octanol–water partition coefficient (Wildman–Crippen LogP) is 3.52. The number of amides is 1. The van der Waals surface area contributed by atoms with Crippen molar-refractivity contribution in [2.75, 3.05) is 7.05 Å². The first-order valence-corrected chi connectivity index (χ1v) is 8.42. The van der Waals surface area contributed by atoms with Crippen LogP contribution in [0.4, 0.5) is 0 Å². The minimum atomic E-state index is -0.264. The Labute approximate surface area is 127 Å². The molecule has 0 unspecified atom stereocenters. The van der Waals surface area contributed by atoms with Crippen LogP contribution in [-0.2, 0) is 11.3 Å². The fraction of sp³-hybridized carbons (Fsp3) is 0.643. The number of nitrogens with two attached hydrogens (primary N) is 1. The number of rotatable bonds is 4. The molecule has 0 radical (unpaired) electrons. The van der Waals surface area contributed by atoms with Crippen LogP contribution in [0.15, 0.2) is 15.9 Å². The van der Waals surface area contributed by atoms with E-state index in [1.165, 1.54) is 11.3 Å². The maximum atomic E-state index is 12.3. The van der Waals surface area contributed by atoms with Crippen molar-refractivity contribution in [1.29, 1.82) is 0 Å². The number of nitrogens with zero attached hydrogens (tertiary/aromatic N) is 1. The van der Waals surface area contributed by atoms with Gasteiger partial charge < -0.3 is 10.6 Å². The molecule has 0 saturated heterocycles. The molecule has 0 aromatic carbocycles. The maximum absolute atomic E-state index is 12.3. The molecule has 1 amide bonds. The van der Waals surface area contributed by atoms with Gasteiger partial charge in [-0.15, -0.1) is 11.3 Å². The molecular formula is C14H21BrN2OS. The normalized spacial score (nSPS) is 18.3. The number of carbonyl (C=O) groups is 1. The Morgan fingerprint density at radius 3 is 2.74 bits per heavy atom. The molecule has 106 valence electrons. The molecule has 0 atom stereocenters.